The van der Waals surface area contributed by atoms with Gasteiger partial charge in [-0.25, -0.2) is 0 Å². The zero-order valence-electron chi connectivity index (χ0n) is 8.71. The standard InChI is InChI=1S/C10H19NO2.CH4/c1-10(2,3)9(13)11-6-4-5-8(11)7-12;/h8,12H,4-7H2,1-3H3;1H4/t8-;/m0./s1. The van der Waals surface area contributed by atoms with Crippen molar-refractivity contribution in [3.05, 3.63) is 0 Å². The van der Waals surface area contributed by atoms with E-state index in [9.17, 15) is 4.79 Å². The van der Waals surface area contributed by atoms with Crippen molar-refractivity contribution in [3.8, 4) is 0 Å². The third-order valence-electron chi connectivity index (χ3n) is 2.49. The highest BCUT2D eigenvalue weighted by molar-refractivity contribution is 5.82. The van der Waals surface area contributed by atoms with Crippen molar-refractivity contribution in [1.82, 2.24) is 4.90 Å². The van der Waals surface area contributed by atoms with Crippen LogP contribution in [0.25, 0.3) is 0 Å². The first-order valence-electron chi connectivity index (χ1n) is 4.88. The lowest BCUT2D eigenvalue weighted by atomic mass is 9.94. The molecular weight excluding hydrogens is 178 g/mol. The molecule has 1 rings (SSSR count). The minimum Gasteiger partial charge on any atom is -0.394 e. The maximum Gasteiger partial charge on any atom is 0.228 e. The Kier molecular flexibility index (Phi) is 4.59. The summed E-state index contributed by atoms with van der Waals surface area (Å²) in [6.45, 7) is 6.66. The van der Waals surface area contributed by atoms with E-state index in [1.807, 2.05) is 25.7 Å². The Morgan fingerprint density at radius 1 is 1.50 bits per heavy atom. The minimum atomic E-state index is -0.322. The van der Waals surface area contributed by atoms with Crippen LogP contribution in [0.4, 0.5) is 0 Å². The van der Waals surface area contributed by atoms with Gasteiger partial charge in [-0.15, -0.1) is 0 Å². The van der Waals surface area contributed by atoms with E-state index in [1.54, 1.807) is 0 Å². The average Bonchev–Trinajstić information content (AvgIpc) is 2.48. The molecule has 1 amide bonds. The summed E-state index contributed by atoms with van der Waals surface area (Å²) in [5.74, 6) is 0.157. The molecule has 1 N–H and O–H groups in total. The Hall–Kier alpha value is -0.570. The number of amides is 1. The number of rotatable bonds is 1. The normalized spacial score (nSPS) is 22.0. The summed E-state index contributed by atoms with van der Waals surface area (Å²) in [7, 11) is 0. The smallest absolute Gasteiger partial charge is 0.228 e. The van der Waals surface area contributed by atoms with E-state index in [0.717, 1.165) is 19.4 Å². The summed E-state index contributed by atoms with van der Waals surface area (Å²) in [6.07, 6.45) is 1.96. The second-order valence-electron chi connectivity index (χ2n) is 4.73. The van der Waals surface area contributed by atoms with Gasteiger partial charge in [0.25, 0.3) is 0 Å². The Morgan fingerprint density at radius 2 is 2.07 bits per heavy atom. The second-order valence-corrected chi connectivity index (χ2v) is 4.73. The molecule has 0 aromatic rings. The van der Waals surface area contributed by atoms with Gasteiger partial charge in [0, 0.05) is 12.0 Å². The van der Waals surface area contributed by atoms with Crippen LogP contribution in [-0.4, -0.2) is 35.1 Å². The Balaban J connectivity index is 0.00000169. The molecule has 0 unspecified atom stereocenters. The van der Waals surface area contributed by atoms with Gasteiger partial charge in [-0.1, -0.05) is 28.2 Å². The molecule has 1 aliphatic rings. The molecule has 3 nitrogen and oxygen atoms in total. The molecule has 0 aliphatic carbocycles. The van der Waals surface area contributed by atoms with Crippen LogP contribution in [0.3, 0.4) is 0 Å². The maximum absolute atomic E-state index is 11.9. The molecule has 0 radical (unpaired) electrons. The van der Waals surface area contributed by atoms with Crippen LogP contribution < -0.4 is 0 Å². The van der Waals surface area contributed by atoms with Gasteiger partial charge in [-0.05, 0) is 12.8 Å². The number of carbonyl (C=O) groups is 1. The molecule has 1 aliphatic heterocycles. The van der Waals surface area contributed by atoms with Crippen LogP contribution in [0.2, 0.25) is 0 Å². The molecule has 14 heavy (non-hydrogen) atoms. The predicted molar refractivity (Wildman–Crippen MR) is 58.0 cm³/mol. The van der Waals surface area contributed by atoms with Gasteiger partial charge in [0.15, 0.2) is 0 Å². The lowest BCUT2D eigenvalue weighted by Gasteiger charge is -2.29. The number of likely N-dealkylation sites (tertiary alicyclic amines) is 1. The van der Waals surface area contributed by atoms with Crippen LogP contribution in [0.1, 0.15) is 41.0 Å². The number of aliphatic hydroxyl groups is 1. The molecule has 1 heterocycles. The highest BCUT2D eigenvalue weighted by atomic mass is 16.3. The average molecular weight is 201 g/mol. The fourth-order valence-electron chi connectivity index (χ4n) is 1.72. The zero-order valence-corrected chi connectivity index (χ0v) is 8.71. The molecule has 1 atom stereocenters. The van der Waals surface area contributed by atoms with Crippen molar-refractivity contribution < 1.29 is 9.90 Å². The number of carbonyl (C=O) groups excluding carboxylic acids is 1. The first-order valence-corrected chi connectivity index (χ1v) is 4.88. The third-order valence-corrected chi connectivity index (χ3v) is 2.49. The zero-order chi connectivity index (χ0) is 10.1. The lowest BCUT2D eigenvalue weighted by molar-refractivity contribution is -0.141. The van der Waals surface area contributed by atoms with Gasteiger partial charge in [-0.2, -0.15) is 0 Å². The van der Waals surface area contributed by atoms with E-state index in [-0.39, 0.29) is 31.4 Å². The van der Waals surface area contributed by atoms with Crippen LogP contribution in [-0.2, 0) is 4.79 Å². The first kappa shape index (κ1) is 13.4. The molecule has 0 saturated carbocycles. The monoisotopic (exact) mass is 201 g/mol. The van der Waals surface area contributed by atoms with Crippen molar-refractivity contribution in [2.45, 2.75) is 47.1 Å². The van der Waals surface area contributed by atoms with E-state index in [1.165, 1.54) is 0 Å². The molecule has 3 heteroatoms. The van der Waals surface area contributed by atoms with Gasteiger partial charge in [0.05, 0.1) is 12.6 Å². The molecule has 0 aromatic heterocycles. The molecular formula is C11H23NO2. The fourth-order valence-corrected chi connectivity index (χ4v) is 1.72. The summed E-state index contributed by atoms with van der Waals surface area (Å²) in [4.78, 5) is 13.7. The minimum absolute atomic E-state index is 0. The van der Waals surface area contributed by atoms with E-state index >= 15 is 0 Å². The van der Waals surface area contributed by atoms with E-state index in [2.05, 4.69) is 0 Å². The Morgan fingerprint density at radius 3 is 2.50 bits per heavy atom. The van der Waals surface area contributed by atoms with E-state index in [0.29, 0.717) is 0 Å². The largest absolute Gasteiger partial charge is 0.394 e. The van der Waals surface area contributed by atoms with Gasteiger partial charge in [0.2, 0.25) is 5.91 Å². The second kappa shape index (κ2) is 4.78. The highest BCUT2D eigenvalue weighted by Gasteiger charge is 2.34. The first-order chi connectivity index (χ1) is 5.96. The summed E-state index contributed by atoms with van der Waals surface area (Å²) >= 11 is 0. The van der Waals surface area contributed by atoms with Crippen molar-refractivity contribution in [3.63, 3.8) is 0 Å². The fraction of sp³-hybridized carbons (Fsp3) is 0.909. The molecule has 1 saturated heterocycles. The SMILES string of the molecule is C.CC(C)(C)C(=O)N1CCC[C@H]1CO. The number of hydrogen-bond acceptors (Lipinski definition) is 2. The van der Waals surface area contributed by atoms with Crippen molar-refractivity contribution >= 4 is 5.91 Å². The van der Waals surface area contributed by atoms with E-state index in [4.69, 9.17) is 5.11 Å². The molecule has 0 spiro atoms. The molecule has 84 valence electrons. The summed E-state index contributed by atoms with van der Waals surface area (Å²) in [5.41, 5.74) is -0.322. The van der Waals surface area contributed by atoms with Gasteiger partial charge in [-0.3, -0.25) is 4.79 Å². The molecule has 0 aromatic carbocycles. The van der Waals surface area contributed by atoms with Crippen LogP contribution in [0.5, 0.6) is 0 Å². The summed E-state index contributed by atoms with van der Waals surface area (Å²) in [6, 6.07) is 0.0618. The van der Waals surface area contributed by atoms with Crippen LogP contribution in [0, 0.1) is 5.41 Å². The van der Waals surface area contributed by atoms with E-state index < -0.39 is 0 Å². The lowest BCUT2D eigenvalue weighted by Crippen LogP contribution is -2.43. The van der Waals surface area contributed by atoms with Gasteiger partial charge < -0.3 is 10.0 Å². The number of aliphatic hydroxyl groups excluding tert-OH is 1. The van der Waals surface area contributed by atoms with Crippen molar-refractivity contribution in [1.29, 1.82) is 0 Å². The van der Waals surface area contributed by atoms with Gasteiger partial charge in [0.1, 0.15) is 0 Å². The topological polar surface area (TPSA) is 40.5 Å². The van der Waals surface area contributed by atoms with Crippen LogP contribution in [0.15, 0.2) is 0 Å². The third kappa shape index (κ3) is 2.71. The van der Waals surface area contributed by atoms with Crippen molar-refractivity contribution in [2.75, 3.05) is 13.2 Å². The Bertz CT molecular complexity index is 196. The number of hydrogen-bond donors (Lipinski definition) is 1. The number of nitrogens with zero attached hydrogens (tertiary/aromatic N) is 1. The highest BCUT2D eigenvalue weighted by Crippen LogP contribution is 2.24. The van der Waals surface area contributed by atoms with Crippen LogP contribution >= 0.6 is 0 Å². The Labute approximate surface area is 87.1 Å². The summed E-state index contributed by atoms with van der Waals surface area (Å²) < 4.78 is 0. The molecule has 1 fully saturated rings. The van der Waals surface area contributed by atoms with Gasteiger partial charge >= 0.3 is 0 Å². The predicted octanol–water partition coefficient (Wildman–Crippen LogP) is 1.65. The maximum atomic E-state index is 11.9. The van der Waals surface area contributed by atoms with Crippen molar-refractivity contribution in [2.24, 2.45) is 5.41 Å². The quantitative estimate of drug-likeness (QED) is 0.701. The molecule has 0 bridgehead atoms. The summed E-state index contributed by atoms with van der Waals surface area (Å²) in [5, 5.41) is 9.06.